The van der Waals surface area contributed by atoms with Crippen molar-refractivity contribution in [3.63, 3.8) is 0 Å². The molecule has 1 aliphatic heterocycles. The number of hydrogen-bond acceptors (Lipinski definition) is 6. The van der Waals surface area contributed by atoms with Crippen LogP contribution in [0.3, 0.4) is 0 Å². The summed E-state index contributed by atoms with van der Waals surface area (Å²) >= 11 is 0. The number of rotatable bonds is 5. The first-order chi connectivity index (χ1) is 12.4. The molecule has 0 aromatic carbocycles. The van der Waals surface area contributed by atoms with Crippen LogP contribution in [0.5, 0.6) is 0 Å². The van der Waals surface area contributed by atoms with Crippen LogP contribution in [-0.4, -0.2) is 57.7 Å². The van der Waals surface area contributed by atoms with Crippen LogP contribution in [0, 0.1) is 26.7 Å². The number of carbonyl (C=O) groups is 1. The molecule has 0 aliphatic carbocycles. The molecule has 0 radical (unpaired) electrons. The number of methoxy groups -OCH3 is 1. The van der Waals surface area contributed by atoms with Crippen molar-refractivity contribution in [1.29, 1.82) is 0 Å². The molecule has 8 nitrogen and oxygen atoms in total. The van der Waals surface area contributed by atoms with Gasteiger partial charge < -0.3 is 14.4 Å². The normalized spacial score (nSPS) is 20.0. The average molecular weight is 364 g/mol. The summed E-state index contributed by atoms with van der Waals surface area (Å²) in [5, 5.41) is 15.4. The van der Waals surface area contributed by atoms with Crippen molar-refractivity contribution in [2.75, 3.05) is 20.2 Å². The fourth-order valence-corrected chi connectivity index (χ4v) is 3.56. The molecule has 3 heterocycles. The minimum atomic E-state index is -0.250. The van der Waals surface area contributed by atoms with E-state index in [0.717, 1.165) is 43.2 Å². The average Bonchev–Trinajstić information content (AvgIpc) is 3.24. The lowest BCUT2D eigenvalue weighted by Crippen LogP contribution is -2.23. The highest BCUT2D eigenvalue weighted by atomic mass is 16.5. The number of aryl methyl sites for hydroxylation is 3. The van der Waals surface area contributed by atoms with E-state index in [1.54, 1.807) is 7.11 Å². The Morgan fingerprint density at radius 1 is 1.38 bits per heavy atom. The summed E-state index contributed by atoms with van der Waals surface area (Å²) in [6, 6.07) is 2.02. The van der Waals surface area contributed by atoms with Crippen LogP contribution in [0.4, 0.5) is 0 Å². The van der Waals surface area contributed by atoms with Gasteiger partial charge in [0.25, 0.3) is 6.47 Å². The maximum Gasteiger partial charge on any atom is 0.290 e. The van der Waals surface area contributed by atoms with Gasteiger partial charge in [0.15, 0.2) is 0 Å². The second kappa shape index (κ2) is 8.95. The Morgan fingerprint density at radius 2 is 2.08 bits per heavy atom. The van der Waals surface area contributed by atoms with E-state index in [1.807, 2.05) is 24.7 Å². The summed E-state index contributed by atoms with van der Waals surface area (Å²) < 4.78 is 13.1. The van der Waals surface area contributed by atoms with Crippen LogP contribution in [0.15, 0.2) is 10.6 Å². The summed E-state index contributed by atoms with van der Waals surface area (Å²) in [7, 11) is 3.80. The number of ether oxygens (including phenoxy) is 1. The second-order valence-corrected chi connectivity index (χ2v) is 6.75. The first kappa shape index (κ1) is 20.1. The lowest BCUT2D eigenvalue weighted by atomic mass is 10.0. The quantitative estimate of drug-likeness (QED) is 0.807. The summed E-state index contributed by atoms with van der Waals surface area (Å²) in [6.45, 7) is 8.80. The monoisotopic (exact) mass is 364 g/mol. The fraction of sp³-hybridized carbons (Fsp3) is 0.611. The lowest BCUT2D eigenvalue weighted by Gasteiger charge is -2.15. The topological polar surface area (TPSA) is 93.6 Å². The fourth-order valence-electron chi connectivity index (χ4n) is 3.56. The Kier molecular flexibility index (Phi) is 6.93. The van der Waals surface area contributed by atoms with Crippen LogP contribution < -0.4 is 0 Å². The van der Waals surface area contributed by atoms with E-state index in [1.165, 1.54) is 11.3 Å². The highest BCUT2D eigenvalue weighted by Gasteiger charge is 2.34. The van der Waals surface area contributed by atoms with E-state index in [4.69, 9.17) is 19.2 Å². The van der Waals surface area contributed by atoms with Crippen LogP contribution in [0.25, 0.3) is 0 Å². The van der Waals surface area contributed by atoms with Gasteiger partial charge in [-0.3, -0.25) is 14.4 Å². The smallest absolute Gasteiger partial charge is 0.290 e. The second-order valence-electron chi connectivity index (χ2n) is 6.75. The molecule has 2 aromatic heterocycles. The maximum absolute atomic E-state index is 8.36. The SMILES string of the molecule is CO[C@H]1CN(Cc2c(C)nn(C)c2C)C[C@H]1Cc1cc(C)no1.O=CO. The molecule has 0 unspecified atom stereocenters. The van der Waals surface area contributed by atoms with Crippen molar-refractivity contribution in [2.45, 2.75) is 39.8 Å². The molecular weight excluding hydrogens is 336 g/mol. The Morgan fingerprint density at radius 3 is 2.58 bits per heavy atom. The van der Waals surface area contributed by atoms with E-state index in [9.17, 15) is 0 Å². The molecule has 144 valence electrons. The molecule has 1 aliphatic rings. The minimum Gasteiger partial charge on any atom is -0.483 e. The van der Waals surface area contributed by atoms with Crippen molar-refractivity contribution in [3.05, 3.63) is 34.5 Å². The lowest BCUT2D eigenvalue weighted by molar-refractivity contribution is -0.122. The largest absolute Gasteiger partial charge is 0.483 e. The Bertz CT molecular complexity index is 725. The molecule has 1 saturated heterocycles. The molecule has 0 saturated carbocycles. The minimum absolute atomic E-state index is 0.234. The first-order valence-corrected chi connectivity index (χ1v) is 8.63. The van der Waals surface area contributed by atoms with Gasteiger partial charge in [0.2, 0.25) is 0 Å². The highest BCUT2D eigenvalue weighted by molar-refractivity contribution is 5.32. The van der Waals surface area contributed by atoms with Gasteiger partial charge in [-0.2, -0.15) is 5.10 Å². The van der Waals surface area contributed by atoms with Gasteiger partial charge in [0.05, 0.1) is 17.5 Å². The number of likely N-dealkylation sites (tertiary alicyclic amines) is 1. The van der Waals surface area contributed by atoms with Gasteiger partial charge in [0.1, 0.15) is 5.76 Å². The summed E-state index contributed by atoms with van der Waals surface area (Å²) in [5.74, 6) is 1.38. The molecular formula is C18H28N4O4. The third kappa shape index (κ3) is 4.70. The van der Waals surface area contributed by atoms with Crippen molar-refractivity contribution in [3.8, 4) is 0 Å². The molecule has 2 aromatic rings. The van der Waals surface area contributed by atoms with Crippen LogP contribution >= 0.6 is 0 Å². The zero-order valence-corrected chi connectivity index (χ0v) is 16.1. The summed E-state index contributed by atoms with van der Waals surface area (Å²) in [4.78, 5) is 10.8. The van der Waals surface area contributed by atoms with Crippen molar-refractivity contribution < 1.29 is 19.2 Å². The van der Waals surface area contributed by atoms with E-state index in [-0.39, 0.29) is 12.6 Å². The van der Waals surface area contributed by atoms with Gasteiger partial charge in [-0.15, -0.1) is 0 Å². The molecule has 0 spiro atoms. The standard InChI is InChI=1S/C17H26N4O2.CH2O2/c1-11-6-15(23-19-11)7-14-8-21(10-17(14)22-5)9-16-12(2)18-20(4)13(16)3;2-1-3/h6,14,17H,7-10H2,1-5H3;1H,(H,2,3)/t14-,17+;/m1./s1. The van der Waals surface area contributed by atoms with Gasteiger partial charge in [-0.1, -0.05) is 5.16 Å². The molecule has 8 heteroatoms. The van der Waals surface area contributed by atoms with Crippen molar-refractivity contribution in [2.24, 2.45) is 13.0 Å². The summed E-state index contributed by atoms with van der Waals surface area (Å²) in [5.41, 5.74) is 4.63. The van der Waals surface area contributed by atoms with E-state index in [0.29, 0.717) is 5.92 Å². The van der Waals surface area contributed by atoms with Crippen molar-refractivity contribution >= 4 is 6.47 Å². The van der Waals surface area contributed by atoms with Crippen LogP contribution in [-0.2, 0) is 29.5 Å². The maximum atomic E-state index is 8.36. The van der Waals surface area contributed by atoms with Gasteiger partial charge in [-0.25, -0.2) is 0 Å². The third-order valence-corrected chi connectivity index (χ3v) is 4.94. The molecule has 3 rings (SSSR count). The third-order valence-electron chi connectivity index (χ3n) is 4.94. The molecule has 0 bridgehead atoms. The zero-order valence-electron chi connectivity index (χ0n) is 16.1. The van der Waals surface area contributed by atoms with Gasteiger partial charge in [-0.05, 0) is 20.8 Å². The Labute approximate surface area is 153 Å². The number of carboxylic acid groups (broad SMARTS) is 1. The Hall–Kier alpha value is -2.19. The summed E-state index contributed by atoms with van der Waals surface area (Å²) in [6.07, 6.45) is 1.11. The number of hydrogen-bond donors (Lipinski definition) is 1. The van der Waals surface area contributed by atoms with Gasteiger partial charge >= 0.3 is 0 Å². The molecule has 0 amide bonds. The molecule has 2 atom stereocenters. The molecule has 26 heavy (non-hydrogen) atoms. The number of aromatic nitrogens is 3. The van der Waals surface area contributed by atoms with E-state index >= 15 is 0 Å². The Balaban J connectivity index is 0.000000758. The zero-order chi connectivity index (χ0) is 19.3. The van der Waals surface area contributed by atoms with Crippen LogP contribution in [0.2, 0.25) is 0 Å². The predicted molar refractivity (Wildman–Crippen MR) is 95.9 cm³/mol. The molecule has 1 fully saturated rings. The van der Waals surface area contributed by atoms with Crippen molar-refractivity contribution in [1.82, 2.24) is 19.8 Å². The molecule has 1 N–H and O–H groups in total. The van der Waals surface area contributed by atoms with Crippen LogP contribution in [0.1, 0.15) is 28.4 Å². The number of nitrogens with zero attached hydrogens (tertiary/aromatic N) is 4. The van der Waals surface area contributed by atoms with E-state index in [2.05, 4.69) is 29.0 Å². The van der Waals surface area contributed by atoms with E-state index < -0.39 is 0 Å². The highest BCUT2D eigenvalue weighted by Crippen LogP contribution is 2.26. The predicted octanol–water partition coefficient (Wildman–Crippen LogP) is 1.72. The first-order valence-electron chi connectivity index (χ1n) is 8.63. The van der Waals surface area contributed by atoms with Gasteiger partial charge in [0, 0.05) is 63.5 Å².